The second-order valence-corrected chi connectivity index (χ2v) is 15.1. The zero-order valence-corrected chi connectivity index (χ0v) is 34.7. The average Bonchev–Trinajstić information content (AvgIpc) is 3.15. The van der Waals surface area contributed by atoms with Crippen LogP contribution in [-0.2, 0) is 38.4 Å². The number of amides is 6. The molecule has 0 aromatic carbocycles. The monoisotopic (exact) mass is 847 g/mol. The third-order valence-corrected chi connectivity index (χ3v) is 9.19. The van der Waals surface area contributed by atoms with Gasteiger partial charge in [0.05, 0.1) is 18.2 Å². The molecule has 0 saturated heterocycles. The highest BCUT2D eigenvalue weighted by Gasteiger charge is 2.36. The lowest BCUT2D eigenvalue weighted by Gasteiger charge is -2.29. The molecule has 0 aromatic rings. The van der Waals surface area contributed by atoms with E-state index in [0.717, 1.165) is 13.8 Å². The summed E-state index contributed by atoms with van der Waals surface area (Å²) in [6.07, 6.45) is -0.750. The van der Waals surface area contributed by atoms with Crippen LogP contribution in [0.25, 0.3) is 0 Å². The Hall–Kier alpha value is -4.48. The van der Waals surface area contributed by atoms with Gasteiger partial charge in [-0.2, -0.15) is 0 Å². The van der Waals surface area contributed by atoms with E-state index in [1.807, 2.05) is 19.2 Å². The maximum atomic E-state index is 13.9. The molecule has 0 heterocycles. The summed E-state index contributed by atoms with van der Waals surface area (Å²) in [5, 5.41) is 53.5. The lowest BCUT2D eigenvalue weighted by Crippen LogP contribution is -2.62. The molecule has 0 aromatic heterocycles. The van der Waals surface area contributed by atoms with Crippen molar-refractivity contribution in [3.63, 3.8) is 0 Å². The average molecular weight is 847 g/mol. The van der Waals surface area contributed by atoms with Gasteiger partial charge in [-0.1, -0.05) is 20.3 Å². The second-order valence-electron chi connectivity index (χ2n) is 15.1. The molecule has 340 valence electrons. The van der Waals surface area contributed by atoms with Crippen LogP contribution < -0.4 is 54.8 Å². The van der Waals surface area contributed by atoms with Crippen LogP contribution in [0.1, 0.15) is 105 Å². The number of hydrogen-bond donors (Lipinski definition) is 14. The van der Waals surface area contributed by atoms with E-state index in [2.05, 4.69) is 26.6 Å². The van der Waals surface area contributed by atoms with Crippen molar-refractivity contribution in [2.24, 2.45) is 28.9 Å². The number of hydrogen-bond acceptors (Lipinski definition) is 14. The van der Waals surface area contributed by atoms with Crippen LogP contribution in [-0.4, -0.2) is 142 Å². The topological polar surface area (TPSA) is 394 Å². The molecule has 0 aliphatic rings. The number of carboxylic acid groups (broad SMARTS) is 2. The molecule has 0 saturated carbocycles. The van der Waals surface area contributed by atoms with Gasteiger partial charge in [0, 0.05) is 6.42 Å². The van der Waals surface area contributed by atoms with Gasteiger partial charge in [0.25, 0.3) is 0 Å². The summed E-state index contributed by atoms with van der Waals surface area (Å²) in [7, 11) is 0. The van der Waals surface area contributed by atoms with Gasteiger partial charge in [-0.25, -0.2) is 4.79 Å². The molecule has 0 rings (SSSR count). The fraction of sp³-hybridized carbons (Fsp3) is 0.784. The summed E-state index contributed by atoms with van der Waals surface area (Å²) in [6, 6.07) is -9.74. The van der Waals surface area contributed by atoms with Gasteiger partial charge in [-0.15, -0.1) is 0 Å². The van der Waals surface area contributed by atoms with E-state index in [1.165, 1.54) is 0 Å². The molecule has 0 aliphatic heterocycles. The number of carboxylic acids is 2. The minimum atomic E-state index is -1.81. The zero-order chi connectivity index (χ0) is 45.2. The first-order chi connectivity index (χ1) is 27.7. The Balaban J connectivity index is 6.38. The van der Waals surface area contributed by atoms with Crippen LogP contribution in [0.15, 0.2) is 0 Å². The smallest absolute Gasteiger partial charge is 0.328 e. The molecule has 22 heteroatoms. The number of aliphatic hydroxyl groups is 2. The van der Waals surface area contributed by atoms with Crippen molar-refractivity contribution in [2.45, 2.75) is 159 Å². The summed E-state index contributed by atoms with van der Waals surface area (Å²) < 4.78 is 0. The van der Waals surface area contributed by atoms with E-state index in [4.69, 9.17) is 22.9 Å². The first-order valence-corrected chi connectivity index (χ1v) is 20.2. The maximum absolute atomic E-state index is 13.9. The van der Waals surface area contributed by atoms with E-state index in [1.54, 1.807) is 0 Å². The van der Waals surface area contributed by atoms with Crippen LogP contribution in [0.2, 0.25) is 0 Å². The molecule has 9 atom stereocenters. The summed E-state index contributed by atoms with van der Waals surface area (Å²) >= 11 is 0. The van der Waals surface area contributed by atoms with Crippen LogP contribution in [0.4, 0.5) is 0 Å². The minimum Gasteiger partial charge on any atom is -0.481 e. The maximum Gasteiger partial charge on any atom is 0.328 e. The van der Waals surface area contributed by atoms with Crippen molar-refractivity contribution in [1.29, 1.82) is 0 Å². The first-order valence-electron chi connectivity index (χ1n) is 20.2. The van der Waals surface area contributed by atoms with Crippen LogP contribution in [0.5, 0.6) is 0 Å². The molecule has 0 bridgehead atoms. The summed E-state index contributed by atoms with van der Waals surface area (Å²) in [5.41, 5.74) is 22.9. The molecular weight excluding hydrogens is 776 g/mol. The van der Waals surface area contributed by atoms with Gasteiger partial charge < -0.3 is 75.3 Å². The van der Waals surface area contributed by atoms with Gasteiger partial charge in [0.1, 0.15) is 30.2 Å². The highest BCUT2D eigenvalue weighted by molar-refractivity contribution is 5.97. The number of rotatable bonds is 32. The molecule has 18 N–H and O–H groups in total. The number of aliphatic carboxylic acids is 2. The third-order valence-electron chi connectivity index (χ3n) is 9.19. The lowest BCUT2D eigenvalue weighted by atomic mass is 10.0. The number of carbonyl (C=O) groups excluding carboxylic acids is 6. The second kappa shape index (κ2) is 29.7. The standard InChI is InChI=1S/C37H70N10O12/c1-20(2)19-27(45-31(52)23(41)11-5-8-16-38)35(56)43-24(12-6-9-17-39)32(53)42-25(13-7-10-18-40)33(54)46-29(21(3)48)36(57)44-26(14-15-28(50)51)34(55)47-30(22(4)49)37(58)59/h20-27,29-30,48-49H,5-19,38-41H2,1-4H3,(H,42,53)(H,43,56)(H,44,57)(H,45,52)(H,46,54)(H,47,55)(H,50,51)(H,58,59)/t21-,22-,23+,24+,25+,26+,27+,29+,30+/m1/s1. The predicted octanol–water partition coefficient (Wildman–Crippen LogP) is -3.63. The molecule has 0 unspecified atom stereocenters. The van der Waals surface area contributed by atoms with Crippen molar-refractivity contribution < 1.29 is 58.8 Å². The van der Waals surface area contributed by atoms with E-state index < -0.39 is 115 Å². The number of carbonyl (C=O) groups is 8. The lowest BCUT2D eigenvalue weighted by molar-refractivity contribution is -0.145. The molecule has 0 aliphatic carbocycles. The van der Waals surface area contributed by atoms with Crippen molar-refractivity contribution >= 4 is 47.4 Å². The van der Waals surface area contributed by atoms with Crippen LogP contribution >= 0.6 is 0 Å². The molecule has 59 heavy (non-hydrogen) atoms. The SMILES string of the molecule is CC(C)C[C@H](NC(=O)[C@@H](N)CCCCN)C(=O)N[C@@H](CCCCN)C(=O)N[C@@H](CCCCN)C(=O)N[C@H](C(=O)N[C@@H](CCC(=O)O)C(=O)N[C@H](C(=O)O)[C@@H](C)O)[C@@H](C)O. The molecule has 6 amide bonds. The Kier molecular flexibility index (Phi) is 27.4. The van der Waals surface area contributed by atoms with Gasteiger partial charge in [-0.3, -0.25) is 33.6 Å². The van der Waals surface area contributed by atoms with E-state index in [0.29, 0.717) is 58.0 Å². The minimum absolute atomic E-state index is 0.0000281. The van der Waals surface area contributed by atoms with Crippen LogP contribution in [0, 0.1) is 5.92 Å². The third kappa shape index (κ3) is 22.5. The van der Waals surface area contributed by atoms with E-state index >= 15 is 0 Å². The highest BCUT2D eigenvalue weighted by atomic mass is 16.4. The fourth-order valence-corrected chi connectivity index (χ4v) is 5.79. The Morgan fingerprint density at radius 2 is 0.847 bits per heavy atom. The Labute approximate surface area is 345 Å². The number of nitrogens with one attached hydrogen (secondary N) is 6. The van der Waals surface area contributed by atoms with Gasteiger partial charge in [0.2, 0.25) is 35.4 Å². The quantitative estimate of drug-likeness (QED) is 0.0291. The van der Waals surface area contributed by atoms with E-state index in [9.17, 15) is 58.8 Å². The Bertz CT molecular complexity index is 1350. The number of nitrogens with two attached hydrogens (primary N) is 4. The van der Waals surface area contributed by atoms with Crippen molar-refractivity contribution in [1.82, 2.24) is 31.9 Å². The van der Waals surface area contributed by atoms with Crippen LogP contribution in [0.3, 0.4) is 0 Å². The first kappa shape index (κ1) is 54.5. The summed E-state index contributed by atoms with van der Waals surface area (Å²) in [4.78, 5) is 104. The van der Waals surface area contributed by atoms with Crippen molar-refractivity contribution in [3.05, 3.63) is 0 Å². The normalized spacial score (nSPS) is 15.8. The summed E-state index contributed by atoms with van der Waals surface area (Å²) in [6.45, 7) is 6.92. The molecule has 22 nitrogen and oxygen atoms in total. The van der Waals surface area contributed by atoms with Gasteiger partial charge >= 0.3 is 11.9 Å². The zero-order valence-electron chi connectivity index (χ0n) is 34.7. The van der Waals surface area contributed by atoms with Gasteiger partial charge in [0.15, 0.2) is 6.04 Å². The largest absolute Gasteiger partial charge is 0.481 e. The summed E-state index contributed by atoms with van der Waals surface area (Å²) in [5.74, 6) is -8.23. The number of unbranched alkanes of at least 4 members (excludes halogenated alkanes) is 3. The highest BCUT2D eigenvalue weighted by Crippen LogP contribution is 2.11. The van der Waals surface area contributed by atoms with Crippen molar-refractivity contribution in [2.75, 3.05) is 19.6 Å². The fourth-order valence-electron chi connectivity index (χ4n) is 5.79. The molecule has 0 radical (unpaired) electrons. The molecule has 0 fully saturated rings. The Morgan fingerprint density at radius 1 is 0.475 bits per heavy atom. The molecule has 0 spiro atoms. The van der Waals surface area contributed by atoms with E-state index in [-0.39, 0.29) is 31.7 Å². The predicted molar refractivity (Wildman–Crippen MR) is 216 cm³/mol. The number of aliphatic hydroxyl groups excluding tert-OH is 2. The van der Waals surface area contributed by atoms with Gasteiger partial charge in [-0.05, 0) is 104 Å². The molecular formula is C37H70N10O12. The Morgan fingerprint density at radius 3 is 1.25 bits per heavy atom. The van der Waals surface area contributed by atoms with Crippen molar-refractivity contribution in [3.8, 4) is 0 Å².